The summed E-state index contributed by atoms with van der Waals surface area (Å²) in [6.07, 6.45) is -2.68. The van der Waals surface area contributed by atoms with E-state index in [1.165, 1.54) is 16.0 Å². The van der Waals surface area contributed by atoms with Crippen molar-refractivity contribution in [1.29, 1.82) is 0 Å². The zero-order valence-corrected chi connectivity index (χ0v) is 14.1. The number of carbonyl (C=O) groups excluding carboxylic acids is 1. The van der Waals surface area contributed by atoms with E-state index in [0.717, 1.165) is 29.5 Å². The van der Waals surface area contributed by atoms with Crippen LogP contribution in [0.4, 0.5) is 18.3 Å². The number of halogens is 3. The molecule has 0 unspecified atom stereocenters. The second-order valence-corrected chi connectivity index (χ2v) is 7.11. The third kappa shape index (κ3) is 3.77. The van der Waals surface area contributed by atoms with Gasteiger partial charge in [0, 0.05) is 29.5 Å². The number of nitrogens with one attached hydrogen (secondary N) is 1. The van der Waals surface area contributed by atoms with Gasteiger partial charge in [0.2, 0.25) is 5.91 Å². The summed E-state index contributed by atoms with van der Waals surface area (Å²) in [5.41, 5.74) is 0.528. The maximum absolute atomic E-state index is 12.8. The topological polar surface area (TPSA) is 59.8 Å². The molecule has 0 aromatic carbocycles. The van der Waals surface area contributed by atoms with Gasteiger partial charge < -0.3 is 5.32 Å². The normalized spacial score (nSPS) is 14.9. The van der Waals surface area contributed by atoms with Crippen LogP contribution in [0.15, 0.2) is 6.07 Å². The van der Waals surface area contributed by atoms with Gasteiger partial charge in [-0.3, -0.25) is 9.48 Å². The molecule has 0 spiro atoms. The van der Waals surface area contributed by atoms with E-state index in [0.29, 0.717) is 10.8 Å². The van der Waals surface area contributed by atoms with Gasteiger partial charge in [0.1, 0.15) is 0 Å². The van der Waals surface area contributed by atoms with Gasteiger partial charge in [0.15, 0.2) is 10.8 Å². The Labute approximate surface area is 140 Å². The fourth-order valence-electron chi connectivity index (χ4n) is 2.37. The summed E-state index contributed by atoms with van der Waals surface area (Å²) >= 11 is 1.38. The molecule has 1 fully saturated rings. The zero-order chi connectivity index (χ0) is 17.5. The van der Waals surface area contributed by atoms with Crippen molar-refractivity contribution in [1.82, 2.24) is 14.8 Å². The molecule has 0 bridgehead atoms. The third-order valence-corrected chi connectivity index (χ3v) is 4.91. The van der Waals surface area contributed by atoms with Crippen LogP contribution in [-0.4, -0.2) is 20.7 Å². The van der Waals surface area contributed by atoms with Crippen molar-refractivity contribution in [2.45, 2.75) is 51.7 Å². The molecule has 0 saturated heterocycles. The molecule has 130 valence electrons. The number of anilines is 1. The first-order chi connectivity index (χ1) is 11.2. The molecule has 2 aromatic rings. The highest BCUT2D eigenvalue weighted by Crippen LogP contribution is 2.42. The number of alkyl halides is 3. The van der Waals surface area contributed by atoms with Gasteiger partial charge in [-0.05, 0) is 32.8 Å². The maximum atomic E-state index is 12.8. The van der Waals surface area contributed by atoms with E-state index in [1.807, 2.05) is 13.8 Å². The molecule has 0 atom stereocenters. The molecule has 0 radical (unpaired) electrons. The summed E-state index contributed by atoms with van der Waals surface area (Å²) in [7, 11) is 0. The number of thiazole rings is 1. The van der Waals surface area contributed by atoms with E-state index in [1.54, 1.807) is 0 Å². The number of hydrogen-bond acceptors (Lipinski definition) is 4. The van der Waals surface area contributed by atoms with Gasteiger partial charge in [-0.2, -0.15) is 18.3 Å². The van der Waals surface area contributed by atoms with Gasteiger partial charge in [0.05, 0.1) is 5.69 Å². The lowest BCUT2D eigenvalue weighted by Gasteiger charge is -2.06. The Balaban J connectivity index is 1.65. The number of rotatable bonds is 5. The number of carbonyl (C=O) groups is 1. The molecule has 1 saturated carbocycles. The summed E-state index contributed by atoms with van der Waals surface area (Å²) in [5, 5.41) is 6.83. The average Bonchev–Trinajstić information content (AvgIpc) is 3.14. The lowest BCUT2D eigenvalue weighted by molar-refractivity contribution is -0.141. The van der Waals surface area contributed by atoms with E-state index in [-0.39, 0.29) is 24.8 Å². The van der Waals surface area contributed by atoms with Crippen molar-refractivity contribution in [3.63, 3.8) is 0 Å². The van der Waals surface area contributed by atoms with Crippen molar-refractivity contribution in [2.24, 2.45) is 0 Å². The summed E-state index contributed by atoms with van der Waals surface area (Å²) < 4.78 is 39.8. The number of aromatic nitrogens is 3. The lowest BCUT2D eigenvalue weighted by atomic mass is 10.2. The maximum Gasteiger partial charge on any atom is 0.435 e. The van der Waals surface area contributed by atoms with Crippen LogP contribution in [0.25, 0.3) is 0 Å². The first kappa shape index (κ1) is 16.9. The average molecular weight is 358 g/mol. The molecular weight excluding hydrogens is 341 g/mol. The van der Waals surface area contributed by atoms with Crippen molar-refractivity contribution >= 4 is 22.4 Å². The second kappa shape index (κ2) is 6.19. The number of nitrogens with zero attached hydrogens (tertiary/aromatic N) is 3. The summed E-state index contributed by atoms with van der Waals surface area (Å²) in [5.74, 6) is -0.157. The minimum absolute atomic E-state index is 0.0520. The molecule has 2 heterocycles. The highest BCUT2D eigenvalue weighted by molar-refractivity contribution is 7.15. The lowest BCUT2D eigenvalue weighted by Crippen LogP contribution is -2.16. The fraction of sp³-hybridized carbons (Fsp3) is 0.533. The third-order valence-electron chi connectivity index (χ3n) is 3.92. The minimum atomic E-state index is -4.47. The van der Waals surface area contributed by atoms with Gasteiger partial charge in [-0.1, -0.05) is 0 Å². The van der Waals surface area contributed by atoms with Crippen LogP contribution in [-0.2, 0) is 17.5 Å². The van der Waals surface area contributed by atoms with Crippen molar-refractivity contribution in [3.05, 3.63) is 28.0 Å². The molecule has 2 aromatic heterocycles. The van der Waals surface area contributed by atoms with Crippen molar-refractivity contribution < 1.29 is 18.0 Å². The summed E-state index contributed by atoms with van der Waals surface area (Å²) in [6.45, 7) is 3.88. The second-order valence-electron chi connectivity index (χ2n) is 5.91. The van der Waals surface area contributed by atoms with E-state index in [2.05, 4.69) is 15.4 Å². The van der Waals surface area contributed by atoms with Gasteiger partial charge in [0.25, 0.3) is 0 Å². The molecule has 1 N–H and O–H groups in total. The molecule has 3 rings (SSSR count). The monoisotopic (exact) mass is 358 g/mol. The SMILES string of the molecule is Cc1nc(NC(=O)CCn2nc(C(F)(F)F)cc2C2CC2)sc1C. The molecule has 0 aliphatic heterocycles. The largest absolute Gasteiger partial charge is 0.435 e. The molecule has 5 nitrogen and oxygen atoms in total. The van der Waals surface area contributed by atoms with Crippen LogP contribution in [0.3, 0.4) is 0 Å². The van der Waals surface area contributed by atoms with Crippen LogP contribution in [0.2, 0.25) is 0 Å². The van der Waals surface area contributed by atoms with E-state index >= 15 is 0 Å². The first-order valence-corrected chi connectivity index (χ1v) is 8.44. The molecule has 1 aliphatic rings. The predicted molar refractivity (Wildman–Crippen MR) is 84.0 cm³/mol. The number of aryl methyl sites for hydroxylation is 3. The van der Waals surface area contributed by atoms with Gasteiger partial charge in [-0.25, -0.2) is 4.98 Å². The first-order valence-electron chi connectivity index (χ1n) is 7.63. The van der Waals surface area contributed by atoms with Crippen LogP contribution >= 0.6 is 11.3 Å². The highest BCUT2D eigenvalue weighted by Gasteiger charge is 2.37. The smallest absolute Gasteiger partial charge is 0.302 e. The number of amides is 1. The van der Waals surface area contributed by atoms with Gasteiger partial charge >= 0.3 is 6.18 Å². The molecule has 1 amide bonds. The number of hydrogen-bond donors (Lipinski definition) is 1. The van der Waals surface area contributed by atoms with E-state index < -0.39 is 11.9 Å². The Morgan fingerprint density at radius 1 is 1.42 bits per heavy atom. The Kier molecular flexibility index (Phi) is 4.37. The standard InChI is InChI=1S/C15H17F3N4OS/c1-8-9(2)24-14(19-8)20-13(23)5-6-22-11(10-3-4-10)7-12(21-22)15(16,17)18/h7,10H,3-6H2,1-2H3,(H,19,20,23). The summed E-state index contributed by atoms with van der Waals surface area (Å²) in [4.78, 5) is 17.2. The van der Waals surface area contributed by atoms with Crippen molar-refractivity contribution in [3.8, 4) is 0 Å². The van der Waals surface area contributed by atoms with Crippen LogP contribution in [0.5, 0.6) is 0 Å². The quantitative estimate of drug-likeness (QED) is 0.882. The Hall–Kier alpha value is -1.90. The van der Waals surface area contributed by atoms with Crippen molar-refractivity contribution in [2.75, 3.05) is 5.32 Å². The molecular formula is C15H17F3N4OS. The van der Waals surface area contributed by atoms with E-state index in [4.69, 9.17) is 0 Å². The molecule has 9 heteroatoms. The van der Waals surface area contributed by atoms with Gasteiger partial charge in [-0.15, -0.1) is 11.3 Å². The van der Waals surface area contributed by atoms with Crippen LogP contribution in [0.1, 0.15) is 47.1 Å². The Morgan fingerprint density at radius 2 is 2.12 bits per heavy atom. The molecule has 1 aliphatic carbocycles. The Bertz CT molecular complexity index is 742. The van der Waals surface area contributed by atoms with E-state index in [9.17, 15) is 18.0 Å². The molecule has 24 heavy (non-hydrogen) atoms. The minimum Gasteiger partial charge on any atom is -0.302 e. The zero-order valence-electron chi connectivity index (χ0n) is 13.3. The van der Waals surface area contributed by atoms with Crippen LogP contribution < -0.4 is 5.32 Å². The summed E-state index contributed by atoms with van der Waals surface area (Å²) in [6, 6.07) is 1.10. The highest BCUT2D eigenvalue weighted by atomic mass is 32.1. The Morgan fingerprint density at radius 3 is 2.67 bits per heavy atom. The fourth-order valence-corrected chi connectivity index (χ4v) is 3.20. The predicted octanol–water partition coefficient (Wildman–Crippen LogP) is 3.88. The van der Waals surface area contributed by atoms with Crippen LogP contribution in [0, 0.1) is 13.8 Å².